The van der Waals surface area contributed by atoms with Gasteiger partial charge in [0.2, 0.25) is 0 Å². The number of morpholine rings is 2. The molecule has 0 bridgehead atoms. The lowest BCUT2D eigenvalue weighted by Gasteiger charge is -2.33. The van der Waals surface area contributed by atoms with Crippen LogP contribution in [0.5, 0.6) is 0 Å². The summed E-state index contributed by atoms with van der Waals surface area (Å²) in [6, 6.07) is 0. The summed E-state index contributed by atoms with van der Waals surface area (Å²) < 4.78 is 11.2. The summed E-state index contributed by atoms with van der Waals surface area (Å²) in [6.45, 7) is 9.38. The molecule has 2 saturated heterocycles. The Kier molecular flexibility index (Phi) is 5.09. The lowest BCUT2D eigenvalue weighted by molar-refractivity contribution is 0.00798. The molecule has 0 aromatic rings. The number of rotatable bonds is 3. The van der Waals surface area contributed by atoms with E-state index in [-0.39, 0.29) is 0 Å². The third-order valence-electron chi connectivity index (χ3n) is 2.94. The van der Waals surface area contributed by atoms with Gasteiger partial charge in [0.25, 0.3) is 0 Å². The Balaban J connectivity index is 1.63. The van der Waals surface area contributed by atoms with Crippen molar-refractivity contribution < 1.29 is 9.47 Å². The highest BCUT2D eigenvalue weighted by Gasteiger charge is 2.18. The third kappa shape index (κ3) is 4.14. The van der Waals surface area contributed by atoms with Crippen LogP contribution in [0.2, 0.25) is 0 Å². The number of alkyl halides is 1. The molecule has 2 heterocycles. The molecule has 2 fully saturated rings. The quantitative estimate of drug-likeness (QED) is 0.554. The fourth-order valence-corrected chi connectivity index (χ4v) is 2.78. The van der Waals surface area contributed by atoms with Crippen molar-refractivity contribution in [2.75, 3.05) is 59.1 Å². The van der Waals surface area contributed by atoms with Gasteiger partial charge < -0.3 is 9.47 Å². The van der Waals surface area contributed by atoms with E-state index in [1.165, 1.54) is 13.1 Å². The van der Waals surface area contributed by atoms with Crippen LogP contribution in [0.1, 0.15) is 0 Å². The first kappa shape index (κ1) is 12.0. The molecule has 0 aromatic heterocycles. The molecule has 1 atom stereocenters. The Morgan fingerprint density at radius 2 is 1.67 bits per heavy atom. The molecule has 2 aliphatic heterocycles. The third-order valence-corrected chi connectivity index (χ3v) is 3.70. The van der Waals surface area contributed by atoms with E-state index in [4.69, 9.17) is 9.47 Å². The first-order valence-corrected chi connectivity index (χ1v) is 6.87. The Morgan fingerprint density at radius 3 is 2.40 bits per heavy atom. The Labute approximate surface area is 105 Å². The molecule has 15 heavy (non-hydrogen) atoms. The largest absolute Gasteiger partial charge is 0.379 e. The van der Waals surface area contributed by atoms with Gasteiger partial charge in [-0.3, -0.25) is 9.80 Å². The predicted octanol–water partition coefficient (Wildman–Crippen LogP) is 0.412. The lowest BCUT2D eigenvalue weighted by atomic mass is 10.3. The second kappa shape index (κ2) is 6.34. The van der Waals surface area contributed by atoms with Crippen LogP contribution >= 0.6 is 22.6 Å². The zero-order valence-electron chi connectivity index (χ0n) is 9.03. The van der Waals surface area contributed by atoms with Crippen molar-refractivity contribution in [1.29, 1.82) is 0 Å². The van der Waals surface area contributed by atoms with Gasteiger partial charge in [-0.1, -0.05) is 0 Å². The van der Waals surface area contributed by atoms with Gasteiger partial charge in [-0.2, -0.15) is 0 Å². The molecular formula is C10H19IN2O2. The van der Waals surface area contributed by atoms with Gasteiger partial charge in [-0.15, -0.1) is 0 Å². The first-order valence-electron chi connectivity index (χ1n) is 5.63. The number of nitrogens with zero attached hydrogens (tertiary/aromatic N) is 2. The molecule has 0 aliphatic carbocycles. The van der Waals surface area contributed by atoms with E-state index in [1.54, 1.807) is 0 Å². The van der Waals surface area contributed by atoms with Crippen molar-refractivity contribution in [3.8, 4) is 0 Å². The van der Waals surface area contributed by atoms with Crippen LogP contribution in [0.15, 0.2) is 0 Å². The van der Waals surface area contributed by atoms with E-state index >= 15 is 0 Å². The highest BCUT2D eigenvalue weighted by Crippen LogP contribution is 2.10. The molecule has 2 aliphatic rings. The minimum Gasteiger partial charge on any atom is -0.379 e. The average molecular weight is 326 g/mol. The summed E-state index contributed by atoms with van der Waals surface area (Å²) in [4.78, 5) is 4.98. The lowest BCUT2D eigenvalue weighted by Crippen LogP contribution is -2.45. The van der Waals surface area contributed by atoms with Crippen LogP contribution in [0, 0.1) is 0 Å². The molecule has 88 valence electrons. The monoisotopic (exact) mass is 326 g/mol. The summed E-state index contributed by atoms with van der Waals surface area (Å²) in [7, 11) is 0. The molecule has 2 rings (SSSR count). The van der Waals surface area contributed by atoms with Crippen molar-refractivity contribution in [2.24, 2.45) is 0 Å². The minimum atomic E-state index is 0.376. The highest BCUT2D eigenvalue weighted by molar-refractivity contribution is 14.1. The topological polar surface area (TPSA) is 24.9 Å². The maximum Gasteiger partial charge on any atom is 0.121 e. The van der Waals surface area contributed by atoms with E-state index in [9.17, 15) is 0 Å². The zero-order chi connectivity index (χ0) is 10.5. The molecule has 0 radical (unpaired) electrons. The normalized spacial score (nSPS) is 30.6. The van der Waals surface area contributed by atoms with Crippen molar-refractivity contribution in [3.05, 3.63) is 0 Å². The van der Waals surface area contributed by atoms with Crippen LogP contribution in [-0.2, 0) is 9.47 Å². The maximum atomic E-state index is 5.51. The molecule has 0 N–H and O–H groups in total. The molecule has 0 saturated carbocycles. The molecule has 0 amide bonds. The van der Waals surface area contributed by atoms with Crippen molar-refractivity contribution in [1.82, 2.24) is 9.80 Å². The average Bonchev–Trinajstić information content (AvgIpc) is 2.28. The molecule has 0 spiro atoms. The van der Waals surface area contributed by atoms with Crippen LogP contribution in [0.25, 0.3) is 0 Å². The minimum absolute atomic E-state index is 0.376. The van der Waals surface area contributed by atoms with E-state index < -0.39 is 0 Å². The Morgan fingerprint density at radius 1 is 1.00 bits per heavy atom. The summed E-state index contributed by atoms with van der Waals surface area (Å²) in [6.07, 6.45) is 0. The number of hydrogen-bond donors (Lipinski definition) is 0. The summed E-state index contributed by atoms with van der Waals surface area (Å²) >= 11 is 2.37. The van der Waals surface area contributed by atoms with Crippen LogP contribution in [0.4, 0.5) is 0 Å². The first-order chi connectivity index (χ1) is 7.34. The standard InChI is InChI=1S/C10H19IN2O2/c11-10-9-13(5-8-15-10)2-1-12-3-6-14-7-4-12/h10H,1-9H2. The molecule has 4 nitrogen and oxygen atoms in total. The second-order valence-corrected chi connectivity index (χ2v) is 5.42. The van der Waals surface area contributed by atoms with E-state index in [1.807, 2.05) is 0 Å². The fraction of sp³-hybridized carbons (Fsp3) is 1.00. The summed E-state index contributed by atoms with van der Waals surface area (Å²) in [5, 5.41) is 0. The molecule has 1 unspecified atom stereocenters. The molecule has 5 heteroatoms. The van der Waals surface area contributed by atoms with Gasteiger partial charge in [0.15, 0.2) is 0 Å². The van der Waals surface area contributed by atoms with Crippen LogP contribution in [0.3, 0.4) is 0 Å². The zero-order valence-corrected chi connectivity index (χ0v) is 11.2. The number of ether oxygens (including phenoxy) is 2. The maximum absolute atomic E-state index is 5.51. The molecular weight excluding hydrogens is 307 g/mol. The van der Waals surface area contributed by atoms with Gasteiger partial charge in [0.05, 0.1) is 19.8 Å². The predicted molar refractivity (Wildman–Crippen MR) is 67.5 cm³/mol. The van der Waals surface area contributed by atoms with Gasteiger partial charge >= 0.3 is 0 Å². The second-order valence-electron chi connectivity index (χ2n) is 4.04. The van der Waals surface area contributed by atoms with Gasteiger partial charge in [0, 0.05) is 39.3 Å². The Bertz CT molecular complexity index is 188. The number of hydrogen-bond acceptors (Lipinski definition) is 4. The highest BCUT2D eigenvalue weighted by atomic mass is 127. The van der Waals surface area contributed by atoms with E-state index in [0.717, 1.165) is 46.0 Å². The fourth-order valence-electron chi connectivity index (χ4n) is 1.97. The van der Waals surface area contributed by atoms with Crippen LogP contribution in [-0.4, -0.2) is 73.0 Å². The summed E-state index contributed by atoms with van der Waals surface area (Å²) in [5.41, 5.74) is 0. The van der Waals surface area contributed by atoms with Gasteiger partial charge in [-0.05, 0) is 22.6 Å². The van der Waals surface area contributed by atoms with Crippen molar-refractivity contribution in [3.63, 3.8) is 0 Å². The van der Waals surface area contributed by atoms with Gasteiger partial charge in [-0.25, -0.2) is 0 Å². The summed E-state index contributed by atoms with van der Waals surface area (Å²) in [5.74, 6) is 0. The molecule has 0 aromatic carbocycles. The van der Waals surface area contributed by atoms with Crippen molar-refractivity contribution in [2.45, 2.75) is 4.11 Å². The van der Waals surface area contributed by atoms with E-state index in [2.05, 4.69) is 32.4 Å². The Hall–Kier alpha value is 0.570. The van der Waals surface area contributed by atoms with E-state index in [0.29, 0.717) is 4.11 Å². The smallest absolute Gasteiger partial charge is 0.121 e. The SMILES string of the molecule is IC1CN(CCN2CCOCC2)CCO1. The van der Waals surface area contributed by atoms with Crippen LogP contribution < -0.4 is 0 Å². The van der Waals surface area contributed by atoms with Gasteiger partial charge in [0.1, 0.15) is 4.11 Å². The van der Waals surface area contributed by atoms with Crippen molar-refractivity contribution >= 4 is 22.6 Å². The number of halogens is 1.